The Labute approximate surface area is 176 Å². The number of nitrogens with one attached hydrogen (secondary N) is 1. The van der Waals surface area contributed by atoms with Gasteiger partial charge in [0, 0.05) is 18.8 Å². The Balaban J connectivity index is 1.86. The van der Waals surface area contributed by atoms with Crippen LogP contribution in [0.25, 0.3) is 6.08 Å². The summed E-state index contributed by atoms with van der Waals surface area (Å²) in [7, 11) is -0.839. The monoisotopic (exact) mass is 422 g/mol. The zero-order valence-electron chi connectivity index (χ0n) is 16.6. The van der Waals surface area contributed by atoms with Crippen LogP contribution in [0.2, 0.25) is 0 Å². The molecule has 0 aliphatic heterocycles. The van der Waals surface area contributed by atoms with Crippen LogP contribution in [-0.2, 0) is 10.0 Å². The van der Waals surface area contributed by atoms with Crippen LogP contribution in [0.1, 0.15) is 15.9 Å². The lowest BCUT2D eigenvalue weighted by Crippen LogP contribution is -2.27. The van der Waals surface area contributed by atoms with Crippen LogP contribution in [0.3, 0.4) is 0 Å². The van der Waals surface area contributed by atoms with Crippen molar-refractivity contribution >= 4 is 33.4 Å². The maximum absolute atomic E-state index is 12.9. The molecule has 0 fully saturated rings. The smallest absolute Gasteiger partial charge is 0.257 e. The number of anilines is 2. The molecule has 3 aromatic rings. The van der Waals surface area contributed by atoms with E-state index in [-0.39, 0.29) is 11.3 Å². The van der Waals surface area contributed by atoms with E-state index < -0.39 is 15.9 Å². The van der Waals surface area contributed by atoms with E-state index in [1.165, 1.54) is 13.1 Å². The summed E-state index contributed by atoms with van der Waals surface area (Å²) < 4.78 is 31.9. The van der Waals surface area contributed by atoms with Crippen molar-refractivity contribution in [1.82, 2.24) is 0 Å². The van der Waals surface area contributed by atoms with Crippen molar-refractivity contribution in [1.29, 1.82) is 0 Å². The van der Waals surface area contributed by atoms with Crippen LogP contribution in [0, 0.1) is 0 Å². The molecule has 0 saturated heterocycles. The van der Waals surface area contributed by atoms with Gasteiger partial charge in [-0.05, 0) is 35.9 Å². The SMILES string of the molecule is COc1cccc(NC(=O)c2ccccc2N(C)S(=O)(=O)C=Cc2ccccc2)c1. The van der Waals surface area contributed by atoms with E-state index in [4.69, 9.17) is 4.74 Å². The average molecular weight is 423 g/mol. The van der Waals surface area contributed by atoms with Crippen LogP contribution < -0.4 is 14.4 Å². The van der Waals surface area contributed by atoms with Gasteiger partial charge < -0.3 is 10.1 Å². The summed E-state index contributed by atoms with van der Waals surface area (Å²) in [6.45, 7) is 0. The Morgan fingerprint density at radius 1 is 0.967 bits per heavy atom. The third-order valence-corrected chi connectivity index (χ3v) is 5.87. The number of rotatable bonds is 7. The molecular formula is C23H22N2O4S. The van der Waals surface area contributed by atoms with E-state index >= 15 is 0 Å². The number of para-hydroxylation sites is 1. The molecule has 1 amide bonds. The molecule has 154 valence electrons. The zero-order chi connectivity index (χ0) is 21.6. The maximum Gasteiger partial charge on any atom is 0.257 e. The minimum Gasteiger partial charge on any atom is -0.497 e. The Bertz CT molecular complexity index is 1160. The van der Waals surface area contributed by atoms with Gasteiger partial charge in [0.05, 0.1) is 23.8 Å². The molecule has 7 heteroatoms. The standard InChI is InChI=1S/C23H22N2O4S/c1-25(30(27,28)16-15-18-9-4-3-5-10-18)22-14-7-6-13-21(22)23(26)24-19-11-8-12-20(17-19)29-2/h3-17H,1-2H3,(H,24,26). The zero-order valence-corrected chi connectivity index (χ0v) is 17.5. The first kappa shape index (κ1) is 21.1. The van der Waals surface area contributed by atoms with Gasteiger partial charge in [0.15, 0.2) is 0 Å². The summed E-state index contributed by atoms with van der Waals surface area (Å²) in [4.78, 5) is 12.9. The summed E-state index contributed by atoms with van der Waals surface area (Å²) in [5.74, 6) is 0.180. The number of amides is 1. The summed E-state index contributed by atoms with van der Waals surface area (Å²) in [5.41, 5.74) is 1.82. The highest BCUT2D eigenvalue weighted by Crippen LogP contribution is 2.25. The lowest BCUT2D eigenvalue weighted by Gasteiger charge is -2.20. The van der Waals surface area contributed by atoms with E-state index in [0.717, 1.165) is 15.3 Å². The Morgan fingerprint density at radius 3 is 2.40 bits per heavy atom. The molecule has 3 aromatic carbocycles. The lowest BCUT2D eigenvalue weighted by molar-refractivity contribution is 0.102. The minimum absolute atomic E-state index is 0.236. The Morgan fingerprint density at radius 2 is 1.67 bits per heavy atom. The predicted octanol–water partition coefficient (Wildman–Crippen LogP) is 4.38. The number of methoxy groups -OCH3 is 1. The normalized spacial score (nSPS) is 11.3. The van der Waals surface area contributed by atoms with Crippen molar-refractivity contribution in [2.45, 2.75) is 0 Å². The number of benzene rings is 3. The van der Waals surface area contributed by atoms with Crippen LogP contribution in [0.4, 0.5) is 11.4 Å². The van der Waals surface area contributed by atoms with Crippen molar-refractivity contribution in [2.24, 2.45) is 0 Å². The fraction of sp³-hybridized carbons (Fsp3) is 0.0870. The average Bonchev–Trinajstić information content (AvgIpc) is 2.78. The summed E-state index contributed by atoms with van der Waals surface area (Å²) >= 11 is 0. The van der Waals surface area contributed by atoms with Gasteiger partial charge in [-0.2, -0.15) is 0 Å². The van der Waals surface area contributed by atoms with Gasteiger partial charge in [-0.3, -0.25) is 9.10 Å². The molecule has 0 aliphatic rings. The molecule has 0 radical (unpaired) electrons. The largest absolute Gasteiger partial charge is 0.497 e. The molecule has 0 atom stereocenters. The number of carbonyl (C=O) groups excluding carboxylic acids is 1. The number of nitrogens with zero attached hydrogens (tertiary/aromatic N) is 1. The second-order valence-corrected chi connectivity index (χ2v) is 8.28. The third kappa shape index (κ3) is 5.07. The van der Waals surface area contributed by atoms with Crippen LogP contribution in [0.5, 0.6) is 5.75 Å². The van der Waals surface area contributed by atoms with Gasteiger partial charge in [-0.1, -0.05) is 48.5 Å². The van der Waals surface area contributed by atoms with Crippen molar-refractivity contribution in [3.05, 3.63) is 95.4 Å². The summed E-state index contributed by atoms with van der Waals surface area (Å²) in [6.07, 6.45) is 1.52. The van der Waals surface area contributed by atoms with Crippen LogP contribution >= 0.6 is 0 Å². The highest BCUT2D eigenvalue weighted by atomic mass is 32.2. The van der Waals surface area contributed by atoms with E-state index in [0.29, 0.717) is 11.4 Å². The molecule has 30 heavy (non-hydrogen) atoms. The van der Waals surface area contributed by atoms with Crippen molar-refractivity contribution in [3.8, 4) is 5.75 Å². The molecule has 6 nitrogen and oxygen atoms in total. The molecule has 0 spiro atoms. The fourth-order valence-electron chi connectivity index (χ4n) is 2.80. The van der Waals surface area contributed by atoms with Gasteiger partial charge in [0.2, 0.25) is 0 Å². The second kappa shape index (κ2) is 9.28. The van der Waals surface area contributed by atoms with E-state index in [2.05, 4.69) is 5.32 Å². The first-order valence-corrected chi connectivity index (χ1v) is 10.7. The second-order valence-electron chi connectivity index (χ2n) is 6.43. The lowest BCUT2D eigenvalue weighted by atomic mass is 10.1. The van der Waals surface area contributed by atoms with Gasteiger partial charge >= 0.3 is 0 Å². The molecule has 0 aromatic heterocycles. The molecule has 1 N–H and O–H groups in total. The van der Waals surface area contributed by atoms with Gasteiger partial charge in [0.25, 0.3) is 15.9 Å². The molecule has 3 rings (SSSR count). The highest BCUT2D eigenvalue weighted by molar-refractivity contribution is 7.95. The molecule has 0 saturated carbocycles. The van der Waals surface area contributed by atoms with Gasteiger partial charge in [0.1, 0.15) is 5.75 Å². The Kier molecular flexibility index (Phi) is 6.54. The van der Waals surface area contributed by atoms with Crippen molar-refractivity contribution < 1.29 is 17.9 Å². The number of hydrogen-bond acceptors (Lipinski definition) is 4. The molecule has 0 bridgehead atoms. The van der Waals surface area contributed by atoms with Crippen LogP contribution in [0.15, 0.2) is 84.3 Å². The third-order valence-electron chi connectivity index (χ3n) is 4.43. The number of carbonyl (C=O) groups is 1. The Hall–Kier alpha value is -3.58. The number of sulfonamides is 1. The first-order valence-electron chi connectivity index (χ1n) is 9.17. The molecule has 0 heterocycles. The minimum atomic E-state index is -3.80. The fourth-order valence-corrected chi connectivity index (χ4v) is 3.74. The van der Waals surface area contributed by atoms with Gasteiger partial charge in [-0.25, -0.2) is 8.42 Å². The predicted molar refractivity (Wildman–Crippen MR) is 120 cm³/mol. The van der Waals surface area contributed by atoms with E-state index in [1.54, 1.807) is 55.6 Å². The van der Waals surface area contributed by atoms with Crippen LogP contribution in [-0.4, -0.2) is 28.5 Å². The summed E-state index contributed by atoms with van der Waals surface area (Å²) in [5, 5.41) is 3.90. The highest BCUT2D eigenvalue weighted by Gasteiger charge is 2.21. The topological polar surface area (TPSA) is 75.7 Å². The van der Waals surface area contributed by atoms with Crippen molar-refractivity contribution in [2.75, 3.05) is 23.8 Å². The van der Waals surface area contributed by atoms with E-state index in [1.807, 2.05) is 30.3 Å². The molecule has 0 unspecified atom stereocenters. The summed E-state index contributed by atoms with van der Waals surface area (Å²) in [6, 6.07) is 22.6. The van der Waals surface area contributed by atoms with Crippen molar-refractivity contribution in [3.63, 3.8) is 0 Å². The van der Waals surface area contributed by atoms with E-state index in [9.17, 15) is 13.2 Å². The molecular weight excluding hydrogens is 400 g/mol. The number of hydrogen-bond donors (Lipinski definition) is 1. The molecule has 0 aliphatic carbocycles. The maximum atomic E-state index is 12.9. The quantitative estimate of drug-likeness (QED) is 0.613. The van der Waals surface area contributed by atoms with Gasteiger partial charge in [-0.15, -0.1) is 0 Å². The number of ether oxygens (including phenoxy) is 1. The first-order chi connectivity index (χ1) is 14.4.